The van der Waals surface area contributed by atoms with E-state index in [1.807, 2.05) is 61.5 Å². The fraction of sp³-hybridized carbons (Fsp3) is 0.120. The molecule has 168 valence electrons. The van der Waals surface area contributed by atoms with Crippen LogP contribution < -0.4 is 14.8 Å². The van der Waals surface area contributed by atoms with Gasteiger partial charge in [-0.25, -0.2) is 4.99 Å². The van der Waals surface area contributed by atoms with Gasteiger partial charge in [0.25, 0.3) is 5.91 Å². The molecule has 3 aromatic rings. The van der Waals surface area contributed by atoms with Crippen molar-refractivity contribution in [1.82, 2.24) is 5.32 Å². The predicted octanol–water partition coefficient (Wildman–Crippen LogP) is 6.86. The zero-order chi connectivity index (χ0) is 23.2. The van der Waals surface area contributed by atoms with E-state index in [2.05, 4.69) is 10.3 Å². The number of amides is 1. The zero-order valence-corrected chi connectivity index (χ0v) is 20.0. The highest BCUT2D eigenvalue weighted by Gasteiger charge is 2.24. The number of nitrogens with zero attached hydrogens (tertiary/aromatic N) is 1. The highest BCUT2D eigenvalue weighted by Crippen LogP contribution is 2.34. The third-order valence-electron chi connectivity index (χ3n) is 4.60. The number of para-hydroxylation sites is 1. The number of carbonyl (C=O) groups is 1. The van der Waals surface area contributed by atoms with Crippen LogP contribution in [-0.2, 0) is 11.4 Å². The fourth-order valence-corrected chi connectivity index (χ4v) is 4.17. The Labute approximate surface area is 206 Å². The molecule has 4 rings (SSSR count). The average Bonchev–Trinajstić information content (AvgIpc) is 3.14. The Hall–Kier alpha value is -2.93. The Morgan fingerprint density at radius 2 is 1.79 bits per heavy atom. The lowest BCUT2D eigenvalue weighted by Gasteiger charge is -2.13. The number of halogens is 2. The van der Waals surface area contributed by atoms with E-state index in [9.17, 15) is 4.79 Å². The van der Waals surface area contributed by atoms with Gasteiger partial charge in [0.1, 0.15) is 6.61 Å². The Morgan fingerprint density at radius 1 is 1.00 bits per heavy atom. The van der Waals surface area contributed by atoms with Crippen LogP contribution in [0.15, 0.2) is 76.6 Å². The second-order valence-corrected chi connectivity index (χ2v) is 8.86. The number of benzene rings is 3. The molecule has 0 bridgehead atoms. The van der Waals surface area contributed by atoms with Crippen LogP contribution >= 0.6 is 35.0 Å². The number of carbonyl (C=O) groups excluding carboxylic acids is 1. The SMILES string of the molecule is CCOc1cc(/C=C2\SC(=Nc3ccccc3Cl)NC2=O)ccc1OCc1ccc(Cl)cc1. The molecule has 0 aliphatic carbocycles. The Kier molecular flexibility index (Phi) is 7.60. The molecule has 1 aliphatic heterocycles. The van der Waals surface area contributed by atoms with E-state index in [1.165, 1.54) is 11.8 Å². The van der Waals surface area contributed by atoms with Crippen molar-refractivity contribution >= 4 is 57.8 Å². The molecule has 0 unspecified atom stereocenters. The minimum atomic E-state index is -0.216. The van der Waals surface area contributed by atoms with Gasteiger partial charge in [0.15, 0.2) is 16.7 Å². The van der Waals surface area contributed by atoms with Gasteiger partial charge < -0.3 is 14.8 Å². The molecule has 1 amide bonds. The number of ether oxygens (including phenoxy) is 2. The van der Waals surface area contributed by atoms with Crippen molar-refractivity contribution in [2.75, 3.05) is 6.61 Å². The molecular weight excluding hydrogens is 479 g/mol. The van der Waals surface area contributed by atoms with E-state index < -0.39 is 0 Å². The quantitative estimate of drug-likeness (QED) is 0.361. The van der Waals surface area contributed by atoms with E-state index in [1.54, 1.807) is 18.2 Å². The Morgan fingerprint density at radius 3 is 2.55 bits per heavy atom. The topological polar surface area (TPSA) is 59.9 Å². The molecule has 1 fully saturated rings. The van der Waals surface area contributed by atoms with Crippen molar-refractivity contribution in [2.45, 2.75) is 13.5 Å². The number of thioether (sulfide) groups is 1. The first-order valence-electron chi connectivity index (χ1n) is 10.2. The lowest BCUT2D eigenvalue weighted by Crippen LogP contribution is -2.19. The Bertz CT molecular complexity index is 1230. The van der Waals surface area contributed by atoms with Crippen molar-refractivity contribution in [1.29, 1.82) is 0 Å². The van der Waals surface area contributed by atoms with Crippen LogP contribution in [0.1, 0.15) is 18.1 Å². The van der Waals surface area contributed by atoms with Crippen LogP contribution in [0, 0.1) is 0 Å². The number of aliphatic imine (C=N–C) groups is 1. The molecule has 0 spiro atoms. The zero-order valence-electron chi connectivity index (χ0n) is 17.7. The smallest absolute Gasteiger partial charge is 0.264 e. The lowest BCUT2D eigenvalue weighted by atomic mass is 10.2. The molecule has 1 saturated heterocycles. The van der Waals surface area contributed by atoms with Gasteiger partial charge in [0.2, 0.25) is 0 Å². The van der Waals surface area contributed by atoms with E-state index >= 15 is 0 Å². The summed E-state index contributed by atoms with van der Waals surface area (Å²) in [5.74, 6) is 1.01. The van der Waals surface area contributed by atoms with E-state index in [0.29, 0.717) is 50.5 Å². The van der Waals surface area contributed by atoms with E-state index in [-0.39, 0.29) is 5.91 Å². The van der Waals surface area contributed by atoms with Gasteiger partial charge in [-0.1, -0.05) is 53.5 Å². The van der Waals surface area contributed by atoms with Gasteiger partial charge >= 0.3 is 0 Å². The van der Waals surface area contributed by atoms with Crippen molar-refractivity contribution in [3.8, 4) is 11.5 Å². The third-order valence-corrected chi connectivity index (χ3v) is 6.08. The van der Waals surface area contributed by atoms with Crippen molar-refractivity contribution in [3.63, 3.8) is 0 Å². The molecule has 33 heavy (non-hydrogen) atoms. The lowest BCUT2D eigenvalue weighted by molar-refractivity contribution is -0.115. The van der Waals surface area contributed by atoms with Crippen molar-refractivity contribution in [3.05, 3.63) is 92.8 Å². The number of nitrogens with one attached hydrogen (secondary N) is 1. The normalized spacial score (nSPS) is 15.7. The third kappa shape index (κ3) is 6.11. The molecule has 0 aromatic heterocycles. The maximum Gasteiger partial charge on any atom is 0.264 e. The van der Waals surface area contributed by atoms with Crippen LogP contribution in [0.3, 0.4) is 0 Å². The number of hydrogen-bond donors (Lipinski definition) is 1. The summed E-state index contributed by atoms with van der Waals surface area (Å²) in [6.45, 7) is 2.78. The van der Waals surface area contributed by atoms with Crippen LogP contribution in [0.2, 0.25) is 10.0 Å². The average molecular weight is 499 g/mol. The summed E-state index contributed by atoms with van der Waals surface area (Å²) in [4.78, 5) is 17.4. The molecule has 0 radical (unpaired) electrons. The molecule has 3 aromatic carbocycles. The molecule has 8 heteroatoms. The first kappa shape index (κ1) is 23.2. The van der Waals surface area contributed by atoms with Crippen LogP contribution in [-0.4, -0.2) is 17.7 Å². The monoisotopic (exact) mass is 498 g/mol. The second-order valence-electron chi connectivity index (χ2n) is 6.99. The predicted molar refractivity (Wildman–Crippen MR) is 136 cm³/mol. The number of rotatable bonds is 7. The minimum absolute atomic E-state index is 0.216. The summed E-state index contributed by atoms with van der Waals surface area (Å²) in [6, 6.07) is 20.3. The molecular formula is C25H20Cl2N2O3S. The van der Waals surface area contributed by atoms with E-state index in [4.69, 9.17) is 32.7 Å². The first-order chi connectivity index (χ1) is 16.0. The van der Waals surface area contributed by atoms with Crippen LogP contribution in [0.25, 0.3) is 6.08 Å². The summed E-state index contributed by atoms with van der Waals surface area (Å²) in [5.41, 5.74) is 2.41. The Balaban J connectivity index is 1.51. The molecule has 0 saturated carbocycles. The largest absolute Gasteiger partial charge is 0.490 e. The van der Waals surface area contributed by atoms with Gasteiger partial charge in [-0.15, -0.1) is 0 Å². The van der Waals surface area contributed by atoms with Gasteiger partial charge in [0, 0.05) is 5.02 Å². The second kappa shape index (κ2) is 10.8. The molecule has 1 aliphatic rings. The number of hydrogen-bond acceptors (Lipinski definition) is 5. The van der Waals surface area contributed by atoms with Gasteiger partial charge in [0.05, 0.1) is 22.2 Å². The van der Waals surface area contributed by atoms with Crippen LogP contribution in [0.5, 0.6) is 11.5 Å². The van der Waals surface area contributed by atoms with Gasteiger partial charge in [-0.3, -0.25) is 4.79 Å². The van der Waals surface area contributed by atoms with Gasteiger partial charge in [-0.05, 0) is 72.3 Å². The molecule has 1 heterocycles. The maximum atomic E-state index is 12.4. The summed E-state index contributed by atoms with van der Waals surface area (Å²) >= 11 is 13.4. The molecule has 5 nitrogen and oxygen atoms in total. The van der Waals surface area contributed by atoms with Gasteiger partial charge in [-0.2, -0.15) is 0 Å². The number of amidine groups is 1. The summed E-state index contributed by atoms with van der Waals surface area (Å²) < 4.78 is 11.7. The summed E-state index contributed by atoms with van der Waals surface area (Å²) in [6.07, 6.45) is 1.79. The highest BCUT2D eigenvalue weighted by molar-refractivity contribution is 8.18. The van der Waals surface area contributed by atoms with Crippen molar-refractivity contribution in [2.24, 2.45) is 4.99 Å². The summed E-state index contributed by atoms with van der Waals surface area (Å²) in [7, 11) is 0. The van der Waals surface area contributed by atoms with E-state index in [0.717, 1.165) is 11.1 Å². The standard InChI is InChI=1S/C25H20Cl2N2O3S/c1-2-31-22-13-17(9-12-21(22)32-15-16-7-10-18(26)11-8-16)14-23-24(30)29-25(33-23)28-20-6-4-3-5-19(20)27/h3-14H,2,15H2,1H3,(H,28,29,30)/b23-14-. The maximum absolute atomic E-state index is 12.4. The minimum Gasteiger partial charge on any atom is -0.490 e. The molecule has 0 atom stereocenters. The van der Waals surface area contributed by atoms with Crippen molar-refractivity contribution < 1.29 is 14.3 Å². The summed E-state index contributed by atoms with van der Waals surface area (Å²) in [5, 5.41) is 4.46. The highest BCUT2D eigenvalue weighted by atomic mass is 35.5. The van der Waals surface area contributed by atoms with Crippen LogP contribution in [0.4, 0.5) is 5.69 Å². The first-order valence-corrected chi connectivity index (χ1v) is 11.8. The molecule has 1 N–H and O–H groups in total. The fourth-order valence-electron chi connectivity index (χ4n) is 3.03.